The third kappa shape index (κ3) is 7.55. The van der Waals surface area contributed by atoms with Crippen molar-refractivity contribution >= 4 is 28.9 Å². The quantitative estimate of drug-likeness (QED) is 0.390. The number of hydrogen-bond acceptors (Lipinski definition) is 5. The monoisotopic (exact) mass is 454 g/mol. The van der Waals surface area contributed by atoms with Crippen molar-refractivity contribution in [2.75, 3.05) is 32.8 Å². The van der Waals surface area contributed by atoms with E-state index < -0.39 is 0 Å². The lowest BCUT2D eigenvalue weighted by Gasteiger charge is -2.26. The van der Waals surface area contributed by atoms with E-state index in [1.54, 1.807) is 12.4 Å². The van der Waals surface area contributed by atoms with Gasteiger partial charge in [0, 0.05) is 56.1 Å². The molecule has 3 aromatic rings. The summed E-state index contributed by atoms with van der Waals surface area (Å²) >= 11 is 5.97. The van der Waals surface area contributed by atoms with Crippen LogP contribution in [-0.4, -0.2) is 59.0 Å². The highest BCUT2D eigenvalue weighted by Crippen LogP contribution is 2.16. The van der Waals surface area contributed by atoms with Crippen molar-refractivity contribution in [3.8, 4) is 0 Å². The van der Waals surface area contributed by atoms with Crippen LogP contribution in [0, 0.1) is 5.92 Å². The highest BCUT2D eigenvalue weighted by Gasteiger charge is 2.12. The van der Waals surface area contributed by atoms with Gasteiger partial charge in [-0.2, -0.15) is 0 Å². The average molecular weight is 455 g/mol. The van der Waals surface area contributed by atoms with Crippen molar-refractivity contribution in [2.45, 2.75) is 26.9 Å². The molecule has 0 bridgehead atoms. The van der Waals surface area contributed by atoms with Crippen molar-refractivity contribution in [1.82, 2.24) is 19.8 Å². The number of benzene rings is 1. The fourth-order valence-electron chi connectivity index (χ4n) is 3.61. The summed E-state index contributed by atoms with van der Waals surface area (Å²) in [5.74, 6) is 0.484. The summed E-state index contributed by atoms with van der Waals surface area (Å²) in [5.41, 5.74) is 3.22. The summed E-state index contributed by atoms with van der Waals surface area (Å²) in [5, 5.41) is 1.73. The molecular formula is C25H31ClN4O2. The minimum atomic E-state index is 0.484. The van der Waals surface area contributed by atoms with E-state index in [4.69, 9.17) is 16.3 Å². The van der Waals surface area contributed by atoms with Crippen molar-refractivity contribution < 1.29 is 9.53 Å². The van der Waals surface area contributed by atoms with Crippen LogP contribution < -0.4 is 0 Å². The average Bonchev–Trinajstić information content (AvgIpc) is 2.81. The van der Waals surface area contributed by atoms with Crippen LogP contribution in [0.2, 0.25) is 5.15 Å². The van der Waals surface area contributed by atoms with E-state index in [1.165, 1.54) is 0 Å². The lowest BCUT2D eigenvalue weighted by atomic mass is 10.1. The van der Waals surface area contributed by atoms with Gasteiger partial charge < -0.3 is 9.64 Å². The number of morpholine rings is 1. The van der Waals surface area contributed by atoms with Crippen LogP contribution in [0.4, 0.5) is 0 Å². The molecule has 0 unspecified atom stereocenters. The lowest BCUT2D eigenvalue weighted by molar-refractivity contribution is -0.119. The zero-order valence-electron chi connectivity index (χ0n) is 18.8. The third-order valence-electron chi connectivity index (χ3n) is 5.14. The summed E-state index contributed by atoms with van der Waals surface area (Å²) in [7, 11) is 0. The van der Waals surface area contributed by atoms with Crippen molar-refractivity contribution in [2.24, 2.45) is 5.92 Å². The second kappa shape index (κ2) is 12.5. The van der Waals surface area contributed by atoms with Crippen LogP contribution in [0.15, 0.2) is 54.9 Å². The number of nitrogens with zero attached hydrogens (tertiary/aromatic N) is 4. The lowest BCUT2D eigenvalue weighted by Crippen LogP contribution is -2.35. The summed E-state index contributed by atoms with van der Waals surface area (Å²) in [6.07, 6.45) is 4.43. The Morgan fingerprint density at radius 2 is 1.88 bits per heavy atom. The van der Waals surface area contributed by atoms with Crippen molar-refractivity contribution in [3.63, 3.8) is 0 Å². The third-order valence-corrected chi connectivity index (χ3v) is 5.48. The highest BCUT2D eigenvalue weighted by molar-refractivity contribution is 6.30. The van der Waals surface area contributed by atoms with E-state index in [0.717, 1.165) is 67.8 Å². The molecule has 2 aromatic heterocycles. The molecular weight excluding hydrogens is 424 g/mol. The first-order valence-electron chi connectivity index (χ1n) is 11.0. The first-order valence-corrected chi connectivity index (χ1v) is 11.4. The molecule has 1 saturated heterocycles. The maximum atomic E-state index is 11.0. The number of halogens is 1. The maximum Gasteiger partial charge on any atom is 0.210 e. The van der Waals surface area contributed by atoms with E-state index in [2.05, 4.69) is 34.8 Å². The number of rotatable bonds is 7. The number of carbonyl (C=O) groups is 1. The molecule has 7 heteroatoms. The molecule has 0 N–H and O–H groups in total. The van der Waals surface area contributed by atoms with E-state index in [9.17, 15) is 4.79 Å². The molecule has 0 aliphatic carbocycles. The molecule has 1 aromatic carbocycles. The van der Waals surface area contributed by atoms with Gasteiger partial charge in [-0.3, -0.25) is 14.7 Å². The van der Waals surface area contributed by atoms with Gasteiger partial charge in [0.15, 0.2) is 0 Å². The van der Waals surface area contributed by atoms with Gasteiger partial charge in [-0.15, -0.1) is 0 Å². The Labute approximate surface area is 195 Å². The Morgan fingerprint density at radius 3 is 2.59 bits per heavy atom. The van der Waals surface area contributed by atoms with E-state index in [1.807, 2.05) is 41.3 Å². The predicted molar refractivity (Wildman–Crippen MR) is 128 cm³/mol. The summed E-state index contributed by atoms with van der Waals surface area (Å²) in [4.78, 5) is 23.5. The Morgan fingerprint density at radius 1 is 1.12 bits per heavy atom. The molecule has 1 fully saturated rings. The first kappa shape index (κ1) is 24.1. The van der Waals surface area contributed by atoms with Crippen LogP contribution in [0.25, 0.3) is 10.9 Å². The maximum absolute atomic E-state index is 11.0. The van der Waals surface area contributed by atoms with Gasteiger partial charge >= 0.3 is 0 Å². The van der Waals surface area contributed by atoms with Gasteiger partial charge in [-0.05, 0) is 35.7 Å². The normalized spacial score (nSPS) is 14.1. The zero-order valence-corrected chi connectivity index (χ0v) is 19.5. The van der Waals surface area contributed by atoms with Crippen molar-refractivity contribution in [1.29, 1.82) is 0 Å². The van der Waals surface area contributed by atoms with E-state index in [-0.39, 0.29) is 0 Å². The van der Waals surface area contributed by atoms with Crippen LogP contribution in [0.5, 0.6) is 0 Å². The van der Waals surface area contributed by atoms with Gasteiger partial charge in [0.2, 0.25) is 6.41 Å². The molecule has 1 aliphatic heterocycles. The fourth-order valence-corrected chi connectivity index (χ4v) is 3.79. The summed E-state index contributed by atoms with van der Waals surface area (Å²) in [6, 6.07) is 14.0. The van der Waals surface area contributed by atoms with Crippen molar-refractivity contribution in [3.05, 3.63) is 71.1 Å². The summed E-state index contributed by atoms with van der Waals surface area (Å²) in [6.45, 7) is 10.1. The highest BCUT2D eigenvalue weighted by atomic mass is 35.5. The molecule has 0 atom stereocenters. The smallest absolute Gasteiger partial charge is 0.210 e. The van der Waals surface area contributed by atoms with Crippen LogP contribution in [0.3, 0.4) is 0 Å². The van der Waals surface area contributed by atoms with Gasteiger partial charge in [0.25, 0.3) is 0 Å². The Bertz CT molecular complexity index is 992. The van der Waals surface area contributed by atoms with Gasteiger partial charge in [-0.1, -0.05) is 43.6 Å². The number of ether oxygens (including phenoxy) is 1. The number of hydrogen-bond donors (Lipinski definition) is 0. The standard InChI is InChI=1S/C15H18N2O.C10H13ClN2O/c1-12(2)9-17(11-18)10-13-5-6-15-14(8-13)4-3-7-16-15;11-10-9(2-1-3-12-10)8-13-4-6-14-7-5-13/h3-8,11-12H,9-10H2,1-2H3;1-3H,4-8H2. The molecule has 0 spiro atoms. The second-order valence-corrected chi connectivity index (χ2v) is 8.66. The number of pyridine rings is 2. The SMILES string of the molecule is CC(C)CN(C=O)Cc1ccc2ncccc2c1.Clc1ncccc1CN1CCOCC1. The molecule has 3 heterocycles. The second-order valence-electron chi connectivity index (χ2n) is 8.30. The van der Waals surface area contributed by atoms with Crippen LogP contribution in [-0.2, 0) is 22.6 Å². The summed E-state index contributed by atoms with van der Waals surface area (Å²) < 4.78 is 5.28. The first-order chi connectivity index (χ1) is 15.5. The van der Waals surface area contributed by atoms with Crippen LogP contribution >= 0.6 is 11.6 Å². The van der Waals surface area contributed by atoms with Gasteiger partial charge in [0.05, 0.1) is 18.7 Å². The molecule has 1 aliphatic rings. The Balaban J connectivity index is 0.000000186. The van der Waals surface area contributed by atoms with Gasteiger partial charge in [0.1, 0.15) is 5.15 Å². The molecule has 170 valence electrons. The minimum Gasteiger partial charge on any atom is -0.379 e. The van der Waals surface area contributed by atoms with E-state index >= 15 is 0 Å². The van der Waals surface area contributed by atoms with Gasteiger partial charge in [-0.25, -0.2) is 4.98 Å². The molecule has 4 rings (SSSR count). The zero-order chi connectivity index (χ0) is 22.8. The van der Waals surface area contributed by atoms with E-state index in [0.29, 0.717) is 17.6 Å². The molecule has 0 radical (unpaired) electrons. The Hall–Kier alpha value is -2.54. The predicted octanol–water partition coefficient (Wildman–Crippen LogP) is 4.42. The number of fused-ring (bicyclic) bond motifs is 1. The number of aromatic nitrogens is 2. The topological polar surface area (TPSA) is 58.6 Å². The fraction of sp³-hybridized carbons (Fsp3) is 0.400. The molecule has 32 heavy (non-hydrogen) atoms. The number of amides is 1. The largest absolute Gasteiger partial charge is 0.379 e. The van der Waals surface area contributed by atoms with Crippen LogP contribution in [0.1, 0.15) is 25.0 Å². The molecule has 1 amide bonds. The number of carbonyl (C=O) groups excluding carboxylic acids is 1. The Kier molecular flexibility index (Phi) is 9.41. The molecule has 0 saturated carbocycles. The minimum absolute atomic E-state index is 0.484. The molecule has 6 nitrogen and oxygen atoms in total.